The van der Waals surface area contributed by atoms with Crippen LogP contribution in [0.2, 0.25) is 0 Å². The summed E-state index contributed by atoms with van der Waals surface area (Å²) in [5, 5.41) is 0. The molecule has 6 heteroatoms. The molecule has 1 fully saturated rings. The number of carbonyl (C=O) groups is 1. The van der Waals surface area contributed by atoms with Crippen molar-refractivity contribution in [3.63, 3.8) is 0 Å². The fraction of sp³-hybridized carbons (Fsp3) is 0.355. The third kappa shape index (κ3) is 5.19. The monoisotopic (exact) mass is 497 g/mol. The summed E-state index contributed by atoms with van der Waals surface area (Å²) in [4.78, 5) is 19.9. The molecule has 1 aliphatic heterocycles. The van der Waals surface area contributed by atoms with Gasteiger partial charge in [-0.1, -0.05) is 38.1 Å². The van der Waals surface area contributed by atoms with E-state index in [2.05, 4.69) is 49.6 Å². The maximum Gasteiger partial charge on any atom is 0.227 e. The number of rotatable bonds is 9. The minimum Gasteiger partial charge on any atom is -0.494 e. The Kier molecular flexibility index (Phi) is 7.17. The molecule has 5 rings (SSSR count). The molecule has 3 aromatic carbocycles. The molecule has 0 radical (unpaired) electrons. The maximum absolute atomic E-state index is 13.1. The predicted molar refractivity (Wildman–Crippen MR) is 148 cm³/mol. The van der Waals surface area contributed by atoms with Crippen LogP contribution in [0.1, 0.15) is 56.0 Å². The smallest absolute Gasteiger partial charge is 0.227 e. The highest BCUT2D eigenvalue weighted by atomic mass is 16.5. The van der Waals surface area contributed by atoms with Gasteiger partial charge in [-0.3, -0.25) is 4.79 Å². The molecule has 6 nitrogen and oxygen atoms in total. The summed E-state index contributed by atoms with van der Waals surface area (Å²) in [6.07, 6.45) is 0.437. The van der Waals surface area contributed by atoms with E-state index < -0.39 is 0 Å². The second kappa shape index (κ2) is 10.7. The number of nitrogens with zero attached hydrogens (tertiary/aromatic N) is 3. The van der Waals surface area contributed by atoms with Gasteiger partial charge in [0.05, 0.1) is 24.2 Å². The molecule has 1 aromatic heterocycles. The van der Waals surface area contributed by atoms with E-state index >= 15 is 0 Å². The summed E-state index contributed by atoms with van der Waals surface area (Å²) in [6.45, 7) is 10.8. The van der Waals surface area contributed by atoms with Gasteiger partial charge in [-0.15, -0.1) is 0 Å². The lowest BCUT2D eigenvalue weighted by Gasteiger charge is -2.19. The molecule has 2 heterocycles. The van der Waals surface area contributed by atoms with E-state index in [4.69, 9.17) is 14.5 Å². The lowest BCUT2D eigenvalue weighted by Crippen LogP contribution is -2.24. The topological polar surface area (TPSA) is 56.6 Å². The van der Waals surface area contributed by atoms with E-state index in [9.17, 15) is 4.79 Å². The van der Waals surface area contributed by atoms with Crippen LogP contribution in [0.3, 0.4) is 0 Å². The standard InChI is InChI=1S/C31H35N3O3/c1-5-36-25-13-11-24(12-14-25)34-20-23(19-30(34)35)31-32-27-8-6-7-9-28(27)33(31)16-17-37-29-18-22(4)10-15-26(29)21(2)3/h6-15,18,21,23H,5,16-17,19-20H2,1-4H3. The van der Waals surface area contributed by atoms with E-state index in [1.807, 2.05) is 54.3 Å². The van der Waals surface area contributed by atoms with Crippen LogP contribution in [0.4, 0.5) is 5.69 Å². The number of hydrogen-bond acceptors (Lipinski definition) is 4. The Hall–Kier alpha value is -3.80. The average Bonchev–Trinajstić information content (AvgIpc) is 3.45. The molecular formula is C31H35N3O3. The Morgan fingerprint density at radius 1 is 1.03 bits per heavy atom. The summed E-state index contributed by atoms with van der Waals surface area (Å²) in [6, 6.07) is 22.3. The summed E-state index contributed by atoms with van der Waals surface area (Å²) in [7, 11) is 0. The third-order valence-electron chi connectivity index (χ3n) is 7.00. The molecule has 1 aliphatic rings. The molecule has 0 N–H and O–H groups in total. The molecule has 0 saturated carbocycles. The van der Waals surface area contributed by atoms with Crippen molar-refractivity contribution in [1.82, 2.24) is 9.55 Å². The second-order valence-electron chi connectivity index (χ2n) is 9.99. The van der Waals surface area contributed by atoms with Crippen LogP contribution in [-0.2, 0) is 11.3 Å². The minimum absolute atomic E-state index is 0.0108. The highest BCUT2D eigenvalue weighted by Crippen LogP contribution is 2.34. The summed E-state index contributed by atoms with van der Waals surface area (Å²) in [5.41, 5.74) is 5.31. The largest absolute Gasteiger partial charge is 0.494 e. The van der Waals surface area contributed by atoms with E-state index in [0.29, 0.717) is 38.6 Å². The van der Waals surface area contributed by atoms with Crippen LogP contribution >= 0.6 is 0 Å². The minimum atomic E-state index is 0.0108. The lowest BCUT2D eigenvalue weighted by atomic mass is 10.0. The van der Waals surface area contributed by atoms with Crippen molar-refractivity contribution < 1.29 is 14.3 Å². The Balaban J connectivity index is 1.38. The molecule has 4 aromatic rings. The van der Waals surface area contributed by atoms with Gasteiger partial charge in [0.25, 0.3) is 0 Å². The van der Waals surface area contributed by atoms with Gasteiger partial charge in [0.1, 0.15) is 23.9 Å². The lowest BCUT2D eigenvalue weighted by molar-refractivity contribution is -0.117. The van der Waals surface area contributed by atoms with E-state index in [1.54, 1.807) is 0 Å². The van der Waals surface area contributed by atoms with Crippen LogP contribution in [0.5, 0.6) is 11.5 Å². The maximum atomic E-state index is 13.1. The Morgan fingerprint density at radius 3 is 2.57 bits per heavy atom. The number of ether oxygens (including phenoxy) is 2. The van der Waals surface area contributed by atoms with Crippen LogP contribution in [0.25, 0.3) is 11.0 Å². The molecule has 0 bridgehead atoms. The molecule has 0 aliphatic carbocycles. The number of amides is 1. The normalized spacial score (nSPS) is 15.6. The van der Waals surface area contributed by atoms with E-state index in [-0.39, 0.29) is 11.8 Å². The second-order valence-corrected chi connectivity index (χ2v) is 9.99. The van der Waals surface area contributed by atoms with Gasteiger partial charge >= 0.3 is 0 Å². The highest BCUT2D eigenvalue weighted by Gasteiger charge is 2.34. The molecular weight excluding hydrogens is 462 g/mol. The number of hydrogen-bond donors (Lipinski definition) is 0. The number of anilines is 1. The first-order valence-electron chi connectivity index (χ1n) is 13.2. The summed E-state index contributed by atoms with van der Waals surface area (Å²) >= 11 is 0. The fourth-order valence-corrected chi connectivity index (χ4v) is 5.15. The van der Waals surface area contributed by atoms with E-state index in [0.717, 1.165) is 34.0 Å². The van der Waals surface area contributed by atoms with Crippen molar-refractivity contribution in [2.45, 2.75) is 52.5 Å². The average molecular weight is 498 g/mol. The Morgan fingerprint density at radius 2 is 1.81 bits per heavy atom. The van der Waals surface area contributed by atoms with Gasteiger partial charge in [0.2, 0.25) is 5.91 Å². The van der Waals surface area contributed by atoms with Crippen LogP contribution in [0, 0.1) is 6.92 Å². The van der Waals surface area contributed by atoms with Crippen molar-refractivity contribution in [2.75, 3.05) is 24.7 Å². The summed E-state index contributed by atoms with van der Waals surface area (Å²) in [5.74, 6) is 3.21. The summed E-state index contributed by atoms with van der Waals surface area (Å²) < 4.78 is 14.1. The molecule has 1 amide bonds. The van der Waals surface area contributed by atoms with Crippen LogP contribution < -0.4 is 14.4 Å². The molecule has 1 atom stereocenters. The first kappa shape index (κ1) is 24.9. The zero-order valence-electron chi connectivity index (χ0n) is 22.1. The number of fused-ring (bicyclic) bond motifs is 1. The van der Waals surface area contributed by atoms with Crippen molar-refractivity contribution in [2.24, 2.45) is 0 Å². The number of benzene rings is 3. The van der Waals surface area contributed by atoms with Crippen molar-refractivity contribution >= 4 is 22.6 Å². The van der Waals surface area contributed by atoms with Crippen molar-refractivity contribution in [3.8, 4) is 11.5 Å². The van der Waals surface area contributed by atoms with Gasteiger partial charge in [-0.2, -0.15) is 0 Å². The number of imidazole rings is 1. The zero-order chi connectivity index (χ0) is 25.9. The van der Waals surface area contributed by atoms with Crippen LogP contribution in [0.15, 0.2) is 66.7 Å². The molecule has 1 saturated heterocycles. The Labute approximate surface area is 218 Å². The highest BCUT2D eigenvalue weighted by molar-refractivity contribution is 5.96. The number of aromatic nitrogens is 2. The van der Waals surface area contributed by atoms with Crippen molar-refractivity contribution in [3.05, 3.63) is 83.7 Å². The van der Waals surface area contributed by atoms with Crippen molar-refractivity contribution in [1.29, 1.82) is 0 Å². The van der Waals surface area contributed by atoms with Gasteiger partial charge < -0.3 is 18.9 Å². The fourth-order valence-electron chi connectivity index (χ4n) is 5.15. The number of carbonyl (C=O) groups excluding carboxylic acids is 1. The van der Waals surface area contributed by atoms with E-state index in [1.165, 1.54) is 11.1 Å². The third-order valence-corrected chi connectivity index (χ3v) is 7.00. The predicted octanol–water partition coefficient (Wildman–Crippen LogP) is 6.47. The van der Waals surface area contributed by atoms with Crippen LogP contribution in [-0.4, -0.2) is 35.2 Å². The first-order valence-corrected chi connectivity index (χ1v) is 13.2. The zero-order valence-corrected chi connectivity index (χ0v) is 22.1. The van der Waals surface area contributed by atoms with Gasteiger partial charge in [0, 0.05) is 24.6 Å². The molecule has 0 spiro atoms. The quantitative estimate of drug-likeness (QED) is 0.266. The SMILES string of the molecule is CCOc1ccc(N2CC(c3nc4ccccc4n3CCOc3cc(C)ccc3C(C)C)CC2=O)cc1. The first-order chi connectivity index (χ1) is 17.9. The molecule has 1 unspecified atom stereocenters. The Bertz CT molecular complexity index is 1390. The van der Waals surface area contributed by atoms with Gasteiger partial charge in [0.15, 0.2) is 0 Å². The number of aryl methyl sites for hydroxylation is 1. The number of para-hydroxylation sites is 2. The van der Waals surface area contributed by atoms with Gasteiger partial charge in [-0.25, -0.2) is 4.98 Å². The molecule has 37 heavy (non-hydrogen) atoms. The molecule has 192 valence electrons. The van der Waals surface area contributed by atoms with Gasteiger partial charge in [-0.05, 0) is 73.4 Å².